The van der Waals surface area contributed by atoms with Crippen LogP contribution in [0.25, 0.3) is 0 Å². The Labute approximate surface area is 136 Å². The molecule has 2 fully saturated rings. The largest absolute Gasteiger partial charge is 0.389 e. The molecule has 2 aliphatic heterocycles. The Balaban J connectivity index is 1.54. The first-order chi connectivity index (χ1) is 11.0. The van der Waals surface area contributed by atoms with Gasteiger partial charge in [-0.3, -0.25) is 14.7 Å². The highest BCUT2D eigenvalue weighted by Crippen LogP contribution is 2.26. The summed E-state index contributed by atoms with van der Waals surface area (Å²) in [6, 6.07) is 0.353. The number of likely N-dealkylation sites (tertiary alicyclic amines) is 2. The number of piperidine rings is 2. The molecule has 1 aromatic rings. The second-order valence-corrected chi connectivity index (χ2v) is 6.73. The molecule has 2 atom stereocenters. The van der Waals surface area contributed by atoms with E-state index in [1.807, 2.05) is 4.90 Å². The SMILES string of the molecule is C[C@@]1(O)CCN(C2CCN(C(=O)c3cnccn3)CC2)C[C@H]1O. The van der Waals surface area contributed by atoms with Gasteiger partial charge >= 0.3 is 0 Å². The zero-order valence-corrected chi connectivity index (χ0v) is 13.4. The molecule has 3 rings (SSSR count). The summed E-state index contributed by atoms with van der Waals surface area (Å²) in [6.45, 7) is 4.34. The molecular formula is C16H24N4O3. The predicted octanol–water partition coefficient (Wildman–Crippen LogP) is -0.101. The first kappa shape index (κ1) is 16.3. The summed E-state index contributed by atoms with van der Waals surface area (Å²) in [5.41, 5.74) is -0.602. The van der Waals surface area contributed by atoms with Gasteiger partial charge in [-0.05, 0) is 26.2 Å². The molecule has 3 heterocycles. The van der Waals surface area contributed by atoms with Gasteiger partial charge in [0.2, 0.25) is 0 Å². The van der Waals surface area contributed by atoms with Gasteiger partial charge in [-0.2, -0.15) is 0 Å². The number of rotatable bonds is 2. The summed E-state index contributed by atoms with van der Waals surface area (Å²) < 4.78 is 0. The Bertz CT molecular complexity index is 544. The van der Waals surface area contributed by atoms with E-state index in [0.29, 0.717) is 37.8 Å². The van der Waals surface area contributed by atoms with Gasteiger partial charge in [0.25, 0.3) is 5.91 Å². The second-order valence-electron chi connectivity index (χ2n) is 6.73. The van der Waals surface area contributed by atoms with Gasteiger partial charge < -0.3 is 15.1 Å². The number of β-amino-alcohol motifs (C(OH)–C–C–N with tert-alkyl or cyclic N) is 1. The van der Waals surface area contributed by atoms with E-state index in [2.05, 4.69) is 14.9 Å². The van der Waals surface area contributed by atoms with E-state index in [-0.39, 0.29) is 5.91 Å². The van der Waals surface area contributed by atoms with Crippen molar-refractivity contribution in [1.82, 2.24) is 19.8 Å². The van der Waals surface area contributed by atoms with Gasteiger partial charge in [0.05, 0.1) is 17.9 Å². The third-order valence-electron chi connectivity index (χ3n) is 5.08. The molecule has 0 spiro atoms. The van der Waals surface area contributed by atoms with Crippen molar-refractivity contribution < 1.29 is 15.0 Å². The molecule has 7 nitrogen and oxygen atoms in total. The Morgan fingerprint density at radius 2 is 2.04 bits per heavy atom. The lowest BCUT2D eigenvalue weighted by atomic mass is 9.88. The van der Waals surface area contributed by atoms with Crippen LogP contribution in [0.4, 0.5) is 0 Å². The molecule has 0 aromatic carbocycles. The molecule has 0 bridgehead atoms. The van der Waals surface area contributed by atoms with Crippen LogP contribution in [0.5, 0.6) is 0 Å². The maximum Gasteiger partial charge on any atom is 0.274 e. The summed E-state index contributed by atoms with van der Waals surface area (Å²) in [5.74, 6) is -0.0711. The van der Waals surface area contributed by atoms with Crippen LogP contribution in [-0.4, -0.2) is 79.8 Å². The topological polar surface area (TPSA) is 89.8 Å². The van der Waals surface area contributed by atoms with Gasteiger partial charge in [-0.25, -0.2) is 4.98 Å². The van der Waals surface area contributed by atoms with Crippen molar-refractivity contribution in [3.63, 3.8) is 0 Å². The first-order valence-electron chi connectivity index (χ1n) is 8.17. The second kappa shape index (κ2) is 6.51. The van der Waals surface area contributed by atoms with E-state index in [0.717, 1.165) is 19.4 Å². The maximum absolute atomic E-state index is 12.4. The Morgan fingerprint density at radius 1 is 1.30 bits per heavy atom. The van der Waals surface area contributed by atoms with E-state index in [4.69, 9.17) is 0 Å². The van der Waals surface area contributed by atoms with Crippen LogP contribution in [0.1, 0.15) is 36.7 Å². The fourth-order valence-corrected chi connectivity index (χ4v) is 3.38. The molecule has 7 heteroatoms. The molecule has 2 aliphatic rings. The summed E-state index contributed by atoms with van der Waals surface area (Å²) >= 11 is 0. The minimum absolute atomic E-state index is 0.0711. The quantitative estimate of drug-likeness (QED) is 0.791. The van der Waals surface area contributed by atoms with Crippen molar-refractivity contribution in [2.45, 2.75) is 43.9 Å². The van der Waals surface area contributed by atoms with Gasteiger partial charge in [-0.15, -0.1) is 0 Å². The highest BCUT2D eigenvalue weighted by atomic mass is 16.3. The van der Waals surface area contributed by atoms with Crippen molar-refractivity contribution in [1.29, 1.82) is 0 Å². The molecular weight excluding hydrogens is 296 g/mol. The smallest absolute Gasteiger partial charge is 0.274 e. The fraction of sp³-hybridized carbons (Fsp3) is 0.688. The van der Waals surface area contributed by atoms with Crippen LogP contribution in [0.15, 0.2) is 18.6 Å². The lowest BCUT2D eigenvalue weighted by molar-refractivity contribution is -0.116. The zero-order chi connectivity index (χ0) is 16.4. The highest BCUT2D eigenvalue weighted by Gasteiger charge is 2.39. The van der Waals surface area contributed by atoms with E-state index >= 15 is 0 Å². The van der Waals surface area contributed by atoms with Gasteiger partial charge in [0, 0.05) is 44.6 Å². The number of hydrogen-bond acceptors (Lipinski definition) is 6. The lowest BCUT2D eigenvalue weighted by Crippen LogP contribution is -2.58. The third-order valence-corrected chi connectivity index (χ3v) is 5.08. The third kappa shape index (κ3) is 3.52. The number of hydrogen-bond donors (Lipinski definition) is 2. The molecule has 2 saturated heterocycles. The standard InChI is InChI=1S/C16H24N4O3/c1-16(23)4-9-20(11-14(16)21)12-2-7-19(8-3-12)15(22)13-10-17-5-6-18-13/h5-6,10,12,14,21,23H,2-4,7-9,11H2,1H3/t14-,16-/m1/s1. The zero-order valence-electron chi connectivity index (χ0n) is 13.4. The van der Waals surface area contributed by atoms with Gasteiger partial charge in [-0.1, -0.05) is 0 Å². The van der Waals surface area contributed by atoms with Crippen LogP contribution in [0, 0.1) is 0 Å². The number of aromatic nitrogens is 2. The van der Waals surface area contributed by atoms with Crippen molar-refractivity contribution in [3.05, 3.63) is 24.3 Å². The van der Waals surface area contributed by atoms with Crippen LogP contribution < -0.4 is 0 Å². The summed E-state index contributed by atoms with van der Waals surface area (Å²) in [4.78, 5) is 24.4. The molecule has 0 unspecified atom stereocenters. The van der Waals surface area contributed by atoms with E-state index in [9.17, 15) is 15.0 Å². The Kier molecular flexibility index (Phi) is 4.61. The van der Waals surface area contributed by atoms with Crippen molar-refractivity contribution in [2.75, 3.05) is 26.2 Å². The maximum atomic E-state index is 12.4. The first-order valence-corrected chi connectivity index (χ1v) is 8.17. The summed E-state index contributed by atoms with van der Waals surface area (Å²) in [7, 11) is 0. The number of aliphatic hydroxyl groups excluding tert-OH is 1. The van der Waals surface area contributed by atoms with Crippen LogP contribution in [-0.2, 0) is 0 Å². The molecule has 1 aromatic heterocycles. The van der Waals surface area contributed by atoms with Crippen molar-refractivity contribution in [2.24, 2.45) is 0 Å². The molecule has 0 radical (unpaired) electrons. The minimum Gasteiger partial charge on any atom is -0.389 e. The normalized spacial score (nSPS) is 30.4. The number of carbonyl (C=O) groups is 1. The average Bonchev–Trinajstić information content (AvgIpc) is 2.58. The fourth-order valence-electron chi connectivity index (χ4n) is 3.38. The predicted molar refractivity (Wildman–Crippen MR) is 83.8 cm³/mol. The molecule has 2 N–H and O–H groups in total. The average molecular weight is 320 g/mol. The molecule has 0 aliphatic carbocycles. The Hall–Kier alpha value is -1.57. The van der Waals surface area contributed by atoms with E-state index in [1.54, 1.807) is 13.1 Å². The number of aliphatic hydroxyl groups is 2. The number of carbonyl (C=O) groups excluding carboxylic acids is 1. The number of nitrogens with zero attached hydrogens (tertiary/aromatic N) is 4. The lowest BCUT2D eigenvalue weighted by Gasteiger charge is -2.45. The monoisotopic (exact) mass is 320 g/mol. The van der Waals surface area contributed by atoms with Crippen LogP contribution in [0.2, 0.25) is 0 Å². The Morgan fingerprint density at radius 3 is 2.65 bits per heavy atom. The minimum atomic E-state index is -0.987. The van der Waals surface area contributed by atoms with Gasteiger partial charge in [0.15, 0.2) is 0 Å². The molecule has 1 amide bonds. The van der Waals surface area contributed by atoms with Crippen molar-refractivity contribution >= 4 is 5.91 Å². The van der Waals surface area contributed by atoms with Crippen LogP contribution >= 0.6 is 0 Å². The number of amides is 1. The highest BCUT2D eigenvalue weighted by molar-refractivity contribution is 5.92. The molecule has 126 valence electrons. The van der Waals surface area contributed by atoms with Crippen LogP contribution in [0.3, 0.4) is 0 Å². The molecule has 0 saturated carbocycles. The van der Waals surface area contributed by atoms with Crippen molar-refractivity contribution in [3.8, 4) is 0 Å². The molecule has 23 heavy (non-hydrogen) atoms. The summed E-state index contributed by atoms with van der Waals surface area (Å²) in [6.07, 6.45) is 6.20. The van der Waals surface area contributed by atoms with E-state index in [1.165, 1.54) is 12.4 Å². The van der Waals surface area contributed by atoms with Gasteiger partial charge in [0.1, 0.15) is 5.69 Å². The van der Waals surface area contributed by atoms with E-state index < -0.39 is 11.7 Å². The summed E-state index contributed by atoms with van der Waals surface area (Å²) in [5, 5.41) is 20.1.